The Morgan fingerprint density at radius 2 is 1.89 bits per heavy atom. The van der Waals surface area contributed by atoms with Gasteiger partial charge in [-0.1, -0.05) is 73.5 Å². The van der Waals surface area contributed by atoms with Gasteiger partial charge in [0.25, 0.3) is 0 Å². The van der Waals surface area contributed by atoms with Gasteiger partial charge in [0.15, 0.2) is 5.16 Å². The quantitative estimate of drug-likeness (QED) is 0.625. The van der Waals surface area contributed by atoms with Crippen molar-refractivity contribution >= 4 is 28.4 Å². The van der Waals surface area contributed by atoms with Gasteiger partial charge in [-0.15, -0.1) is 10.2 Å². The lowest BCUT2D eigenvalue weighted by Crippen LogP contribution is -2.24. The first-order valence-electron chi connectivity index (χ1n) is 10.00. The van der Waals surface area contributed by atoms with Crippen LogP contribution in [-0.4, -0.2) is 25.9 Å². The number of carbonyl (C=O) groups is 1. The summed E-state index contributed by atoms with van der Waals surface area (Å²) in [6.07, 6.45) is 6.75. The molecule has 1 aromatic heterocycles. The number of aromatic nitrogens is 3. The summed E-state index contributed by atoms with van der Waals surface area (Å²) in [6, 6.07) is 15.3. The molecule has 1 atom stereocenters. The maximum atomic E-state index is 11.6. The molecule has 5 nitrogen and oxygen atoms in total. The lowest BCUT2D eigenvalue weighted by molar-refractivity contribution is -0.117. The molecule has 1 fully saturated rings. The largest absolute Gasteiger partial charge is 0.369 e. The number of nitrogens with zero attached hydrogens (tertiary/aromatic N) is 3. The normalized spacial score (nSPS) is 16.3. The number of amides is 1. The first kappa shape index (κ1) is 19.0. The molecule has 2 aromatic carbocycles. The van der Waals surface area contributed by atoms with E-state index in [0.29, 0.717) is 6.04 Å². The molecule has 28 heavy (non-hydrogen) atoms. The first-order chi connectivity index (χ1) is 13.6. The lowest BCUT2D eigenvalue weighted by atomic mass is 9.95. The number of thioether (sulfide) groups is 1. The minimum atomic E-state index is -0.322. The van der Waals surface area contributed by atoms with Crippen LogP contribution in [0.2, 0.25) is 0 Å². The third-order valence-corrected chi connectivity index (χ3v) is 6.66. The van der Waals surface area contributed by atoms with E-state index in [1.54, 1.807) is 0 Å². The van der Waals surface area contributed by atoms with Crippen molar-refractivity contribution in [2.24, 2.45) is 5.73 Å². The van der Waals surface area contributed by atoms with Gasteiger partial charge in [-0.2, -0.15) is 0 Å². The first-order valence-corrected chi connectivity index (χ1v) is 10.9. The number of primary amides is 1. The number of carbonyl (C=O) groups excluding carboxylic acids is 1. The number of fused-ring (bicyclic) bond motifs is 1. The lowest BCUT2D eigenvalue weighted by Gasteiger charge is -2.26. The Morgan fingerprint density at radius 3 is 2.68 bits per heavy atom. The van der Waals surface area contributed by atoms with E-state index in [-0.39, 0.29) is 11.2 Å². The molecule has 0 bridgehead atoms. The molecule has 6 heteroatoms. The molecule has 1 aliphatic rings. The summed E-state index contributed by atoms with van der Waals surface area (Å²) < 4.78 is 2.28. The Labute approximate surface area is 169 Å². The molecule has 1 saturated carbocycles. The predicted molar refractivity (Wildman–Crippen MR) is 113 cm³/mol. The van der Waals surface area contributed by atoms with Crippen molar-refractivity contribution in [1.82, 2.24) is 14.8 Å². The molecule has 2 N–H and O–H groups in total. The summed E-state index contributed by atoms with van der Waals surface area (Å²) in [5.74, 6) is 0.654. The minimum Gasteiger partial charge on any atom is -0.369 e. The average molecular weight is 395 g/mol. The summed E-state index contributed by atoms with van der Waals surface area (Å²) in [7, 11) is 0. The fraction of sp³-hybridized carbons (Fsp3) is 0.409. The van der Waals surface area contributed by atoms with E-state index in [2.05, 4.69) is 57.2 Å². The van der Waals surface area contributed by atoms with Gasteiger partial charge in [0.1, 0.15) is 5.82 Å². The third-order valence-electron chi connectivity index (χ3n) is 5.59. The maximum Gasteiger partial charge on any atom is 0.230 e. The molecule has 1 heterocycles. The highest BCUT2D eigenvalue weighted by Gasteiger charge is 2.25. The number of benzene rings is 2. The van der Waals surface area contributed by atoms with Crippen molar-refractivity contribution in [2.75, 3.05) is 0 Å². The topological polar surface area (TPSA) is 73.8 Å². The van der Waals surface area contributed by atoms with Crippen LogP contribution in [0, 0.1) is 0 Å². The van der Waals surface area contributed by atoms with Crippen molar-refractivity contribution in [1.29, 1.82) is 0 Å². The van der Waals surface area contributed by atoms with Crippen molar-refractivity contribution in [3.05, 3.63) is 53.9 Å². The van der Waals surface area contributed by atoms with Crippen molar-refractivity contribution in [3.8, 4) is 0 Å². The average Bonchev–Trinajstić information content (AvgIpc) is 3.11. The molecular weight excluding hydrogens is 368 g/mol. The SMILES string of the molecule is C[C@@H](Sc1nnc(Cc2cccc3ccccc23)n1C1CCCCC1)C(N)=O. The molecule has 0 spiro atoms. The van der Waals surface area contributed by atoms with Crippen molar-refractivity contribution in [3.63, 3.8) is 0 Å². The van der Waals surface area contributed by atoms with Crippen LogP contribution in [-0.2, 0) is 11.2 Å². The standard InChI is InChI=1S/C22H26N4OS/c1-15(21(23)27)28-22-25-24-20(26(22)18-11-3-2-4-12-18)14-17-10-7-9-16-8-5-6-13-19(16)17/h5-10,13,15,18H,2-4,11-12,14H2,1H3,(H2,23,27)/t15-/m1/s1. The van der Waals surface area contributed by atoms with E-state index >= 15 is 0 Å². The molecule has 1 amide bonds. The highest BCUT2D eigenvalue weighted by Crippen LogP contribution is 2.34. The van der Waals surface area contributed by atoms with Crippen molar-refractivity contribution in [2.45, 2.75) is 61.9 Å². The zero-order valence-electron chi connectivity index (χ0n) is 16.2. The van der Waals surface area contributed by atoms with Crippen LogP contribution in [0.3, 0.4) is 0 Å². The Balaban J connectivity index is 1.71. The summed E-state index contributed by atoms with van der Waals surface area (Å²) in [6.45, 7) is 1.83. The van der Waals surface area contributed by atoms with Crippen molar-refractivity contribution < 1.29 is 4.79 Å². The van der Waals surface area contributed by atoms with Gasteiger partial charge in [0.05, 0.1) is 5.25 Å². The van der Waals surface area contributed by atoms with Gasteiger partial charge >= 0.3 is 0 Å². The number of rotatable bonds is 6. The monoisotopic (exact) mass is 394 g/mol. The molecular formula is C22H26N4OS. The van der Waals surface area contributed by atoms with Crippen LogP contribution in [0.15, 0.2) is 47.6 Å². The Bertz CT molecular complexity index is 972. The highest BCUT2D eigenvalue weighted by molar-refractivity contribution is 8.00. The van der Waals surface area contributed by atoms with E-state index in [9.17, 15) is 4.79 Å². The maximum absolute atomic E-state index is 11.6. The number of nitrogens with two attached hydrogens (primary N) is 1. The van der Waals surface area contributed by atoms with Crippen LogP contribution in [0.5, 0.6) is 0 Å². The zero-order chi connectivity index (χ0) is 19.5. The molecule has 1 aliphatic carbocycles. The van der Waals surface area contributed by atoms with Crippen LogP contribution < -0.4 is 5.73 Å². The second-order valence-corrected chi connectivity index (χ2v) is 8.85. The Hall–Kier alpha value is -2.34. The molecule has 4 rings (SSSR count). The number of hydrogen-bond acceptors (Lipinski definition) is 4. The van der Waals surface area contributed by atoms with Gasteiger partial charge in [-0.25, -0.2) is 0 Å². The molecule has 0 radical (unpaired) electrons. The molecule has 0 aliphatic heterocycles. The van der Waals surface area contributed by atoms with E-state index in [4.69, 9.17) is 5.73 Å². The predicted octanol–water partition coefficient (Wildman–Crippen LogP) is 4.49. The van der Waals surface area contributed by atoms with Gasteiger partial charge in [-0.3, -0.25) is 4.79 Å². The highest BCUT2D eigenvalue weighted by atomic mass is 32.2. The summed E-state index contributed by atoms with van der Waals surface area (Å²) >= 11 is 1.42. The van der Waals surface area contributed by atoms with Gasteiger partial charge in [0, 0.05) is 12.5 Å². The fourth-order valence-corrected chi connectivity index (χ4v) is 4.94. The second-order valence-electron chi connectivity index (χ2n) is 7.54. The van der Waals surface area contributed by atoms with Crippen LogP contribution in [0.1, 0.15) is 56.5 Å². The zero-order valence-corrected chi connectivity index (χ0v) is 17.0. The van der Waals surface area contributed by atoms with Crippen LogP contribution in [0.4, 0.5) is 0 Å². The summed E-state index contributed by atoms with van der Waals surface area (Å²) in [5, 5.41) is 12.0. The Kier molecular flexibility index (Phi) is 5.67. The summed E-state index contributed by atoms with van der Waals surface area (Å²) in [4.78, 5) is 11.6. The molecule has 0 unspecified atom stereocenters. The Morgan fingerprint density at radius 1 is 1.14 bits per heavy atom. The molecule has 3 aromatic rings. The minimum absolute atomic E-state index is 0.321. The second kappa shape index (κ2) is 8.35. The van der Waals surface area contributed by atoms with Gasteiger partial charge < -0.3 is 10.3 Å². The van der Waals surface area contributed by atoms with E-state index in [1.807, 2.05) is 6.92 Å². The number of hydrogen-bond donors (Lipinski definition) is 1. The van der Waals surface area contributed by atoms with E-state index < -0.39 is 0 Å². The third kappa shape index (κ3) is 3.92. The van der Waals surface area contributed by atoms with E-state index in [1.165, 1.54) is 47.4 Å². The molecule has 146 valence electrons. The smallest absolute Gasteiger partial charge is 0.230 e. The van der Waals surface area contributed by atoms with E-state index in [0.717, 1.165) is 30.2 Å². The van der Waals surface area contributed by atoms with Gasteiger partial charge in [0.2, 0.25) is 5.91 Å². The van der Waals surface area contributed by atoms with Crippen LogP contribution >= 0.6 is 11.8 Å². The van der Waals surface area contributed by atoms with Crippen LogP contribution in [0.25, 0.3) is 10.8 Å². The summed E-state index contributed by atoms with van der Waals surface area (Å²) in [5.41, 5.74) is 6.74. The molecule has 0 saturated heterocycles. The fourth-order valence-electron chi connectivity index (χ4n) is 4.05. The van der Waals surface area contributed by atoms with Gasteiger partial charge in [-0.05, 0) is 36.1 Å².